The summed E-state index contributed by atoms with van der Waals surface area (Å²) in [4.78, 5) is 25.0. The Morgan fingerprint density at radius 3 is 2.92 bits per heavy atom. The number of nitrogens with zero attached hydrogens (tertiary/aromatic N) is 2. The van der Waals surface area contributed by atoms with E-state index in [1.165, 1.54) is 23.4 Å². The highest BCUT2D eigenvalue weighted by Gasteiger charge is 2.19. The number of carbonyl (C=O) groups is 1. The fourth-order valence-corrected chi connectivity index (χ4v) is 3.26. The molecule has 6 heteroatoms. The van der Waals surface area contributed by atoms with Gasteiger partial charge in [0.15, 0.2) is 6.29 Å². The Labute approximate surface area is 146 Å². The minimum Gasteiger partial charge on any atom is -0.487 e. The third-order valence-electron chi connectivity index (χ3n) is 4.50. The fourth-order valence-electron chi connectivity index (χ4n) is 3.26. The van der Waals surface area contributed by atoms with Crippen LogP contribution in [0.25, 0.3) is 5.57 Å². The maximum Gasteiger partial charge on any atom is 0.248 e. The number of aldehydes is 1. The SMILES string of the molecule is CC(C)n1nccc1C1=C(COc2c[nH]c(=O)cc2C=O)CCCC1. The second kappa shape index (κ2) is 7.51. The predicted molar refractivity (Wildman–Crippen MR) is 95.9 cm³/mol. The van der Waals surface area contributed by atoms with Gasteiger partial charge in [-0.25, -0.2) is 0 Å². The molecule has 0 amide bonds. The molecule has 25 heavy (non-hydrogen) atoms. The Morgan fingerprint density at radius 2 is 2.16 bits per heavy atom. The van der Waals surface area contributed by atoms with Crippen LogP contribution >= 0.6 is 0 Å². The van der Waals surface area contributed by atoms with E-state index >= 15 is 0 Å². The third-order valence-corrected chi connectivity index (χ3v) is 4.50. The molecule has 2 aromatic rings. The zero-order chi connectivity index (χ0) is 17.8. The van der Waals surface area contributed by atoms with Gasteiger partial charge in [0.05, 0.1) is 11.3 Å². The minimum atomic E-state index is -0.312. The number of ether oxygens (including phenoxy) is 1. The quantitative estimate of drug-likeness (QED) is 0.817. The Hall–Kier alpha value is -2.63. The molecule has 6 nitrogen and oxygen atoms in total. The summed E-state index contributed by atoms with van der Waals surface area (Å²) in [6.07, 6.45) is 8.19. The number of rotatable bonds is 6. The lowest BCUT2D eigenvalue weighted by Crippen LogP contribution is -2.14. The minimum absolute atomic E-state index is 0.272. The Bertz CT molecular complexity index is 846. The molecule has 0 spiro atoms. The Morgan fingerprint density at radius 1 is 1.36 bits per heavy atom. The van der Waals surface area contributed by atoms with E-state index in [-0.39, 0.29) is 11.1 Å². The Kier molecular flexibility index (Phi) is 5.16. The van der Waals surface area contributed by atoms with Crippen LogP contribution in [0.15, 0.2) is 34.9 Å². The van der Waals surface area contributed by atoms with Gasteiger partial charge in [-0.05, 0) is 56.7 Å². The Balaban J connectivity index is 1.88. The summed E-state index contributed by atoms with van der Waals surface area (Å²) in [7, 11) is 0. The molecular weight excluding hydrogens is 318 g/mol. The van der Waals surface area contributed by atoms with Crippen molar-refractivity contribution in [2.45, 2.75) is 45.6 Å². The van der Waals surface area contributed by atoms with Crippen molar-refractivity contribution in [3.8, 4) is 5.75 Å². The van der Waals surface area contributed by atoms with Crippen LogP contribution in [0.2, 0.25) is 0 Å². The van der Waals surface area contributed by atoms with Gasteiger partial charge in [-0.3, -0.25) is 14.3 Å². The van der Waals surface area contributed by atoms with Crippen molar-refractivity contribution in [3.05, 3.63) is 51.7 Å². The summed E-state index contributed by atoms with van der Waals surface area (Å²) in [5, 5.41) is 4.44. The van der Waals surface area contributed by atoms with Gasteiger partial charge in [0.2, 0.25) is 5.56 Å². The number of aromatic amines is 1. The van der Waals surface area contributed by atoms with Crippen LogP contribution in [0.5, 0.6) is 5.75 Å². The zero-order valence-corrected chi connectivity index (χ0v) is 14.6. The molecular formula is C19H23N3O3. The lowest BCUT2D eigenvalue weighted by Gasteiger charge is -2.23. The average Bonchev–Trinajstić information content (AvgIpc) is 3.10. The van der Waals surface area contributed by atoms with Gasteiger partial charge >= 0.3 is 0 Å². The topological polar surface area (TPSA) is 77.0 Å². The van der Waals surface area contributed by atoms with E-state index < -0.39 is 0 Å². The monoisotopic (exact) mass is 341 g/mol. The largest absolute Gasteiger partial charge is 0.487 e. The second-order valence-corrected chi connectivity index (χ2v) is 6.57. The molecule has 1 aliphatic carbocycles. The molecule has 1 N–H and O–H groups in total. The number of H-pyrrole nitrogens is 1. The third kappa shape index (κ3) is 3.73. The van der Waals surface area contributed by atoms with E-state index in [4.69, 9.17) is 4.74 Å². The zero-order valence-electron chi connectivity index (χ0n) is 14.6. The van der Waals surface area contributed by atoms with Crippen molar-refractivity contribution in [1.82, 2.24) is 14.8 Å². The molecule has 0 unspecified atom stereocenters. The number of carbonyl (C=O) groups excluding carboxylic acids is 1. The normalized spacial score (nSPS) is 14.8. The van der Waals surface area contributed by atoms with E-state index in [2.05, 4.69) is 30.0 Å². The summed E-state index contributed by atoms with van der Waals surface area (Å²) >= 11 is 0. The molecule has 0 aromatic carbocycles. The molecule has 0 radical (unpaired) electrons. The summed E-state index contributed by atoms with van der Waals surface area (Å²) in [5.74, 6) is 0.407. The fraction of sp³-hybridized carbons (Fsp3) is 0.421. The van der Waals surface area contributed by atoms with Crippen LogP contribution in [0.1, 0.15) is 61.6 Å². The molecule has 2 aromatic heterocycles. The van der Waals surface area contributed by atoms with Crippen LogP contribution < -0.4 is 10.3 Å². The van der Waals surface area contributed by atoms with Gasteiger partial charge in [0, 0.05) is 24.5 Å². The first kappa shape index (κ1) is 17.2. The van der Waals surface area contributed by atoms with Gasteiger partial charge < -0.3 is 9.72 Å². The summed E-state index contributed by atoms with van der Waals surface area (Å²) in [6.45, 7) is 4.64. The number of nitrogens with one attached hydrogen (secondary N) is 1. The smallest absolute Gasteiger partial charge is 0.248 e. The highest BCUT2D eigenvalue weighted by Crippen LogP contribution is 2.33. The van der Waals surface area contributed by atoms with Gasteiger partial charge in [-0.15, -0.1) is 0 Å². The number of hydrogen-bond donors (Lipinski definition) is 1. The maximum atomic E-state index is 11.3. The molecule has 0 saturated carbocycles. The first-order valence-electron chi connectivity index (χ1n) is 8.65. The highest BCUT2D eigenvalue weighted by molar-refractivity contribution is 5.78. The van der Waals surface area contributed by atoms with Crippen molar-refractivity contribution in [3.63, 3.8) is 0 Å². The van der Waals surface area contributed by atoms with Gasteiger partial charge in [-0.2, -0.15) is 5.10 Å². The molecule has 2 heterocycles. The number of pyridine rings is 1. The standard InChI is InChI=1S/C19H23N3O3/c1-13(2)22-17(7-8-21-22)16-6-4-3-5-14(16)12-25-18-10-20-19(24)9-15(18)11-23/h7-11,13H,3-6,12H2,1-2H3,(H,20,24). The number of hydrogen-bond acceptors (Lipinski definition) is 4. The van der Waals surface area contributed by atoms with E-state index in [9.17, 15) is 9.59 Å². The van der Waals surface area contributed by atoms with Gasteiger partial charge in [0.1, 0.15) is 12.4 Å². The van der Waals surface area contributed by atoms with E-state index in [1.54, 1.807) is 0 Å². The molecule has 0 atom stereocenters. The van der Waals surface area contributed by atoms with Crippen molar-refractivity contribution in [1.29, 1.82) is 0 Å². The molecule has 0 saturated heterocycles. The van der Waals surface area contributed by atoms with E-state index in [1.807, 2.05) is 10.9 Å². The molecule has 0 bridgehead atoms. The summed E-state index contributed by atoms with van der Waals surface area (Å²) < 4.78 is 7.90. The first-order chi connectivity index (χ1) is 12.1. The summed E-state index contributed by atoms with van der Waals surface area (Å²) in [6, 6.07) is 3.60. The molecule has 1 aliphatic rings. The summed E-state index contributed by atoms with van der Waals surface area (Å²) in [5.41, 5.74) is 3.62. The van der Waals surface area contributed by atoms with E-state index in [0.29, 0.717) is 24.7 Å². The van der Waals surface area contributed by atoms with Crippen molar-refractivity contribution >= 4 is 11.9 Å². The lowest BCUT2D eigenvalue weighted by molar-refractivity contribution is 0.111. The lowest BCUT2D eigenvalue weighted by atomic mass is 9.90. The number of aromatic nitrogens is 3. The molecule has 0 aliphatic heterocycles. The van der Waals surface area contributed by atoms with Crippen LogP contribution in [-0.2, 0) is 0 Å². The second-order valence-electron chi connectivity index (χ2n) is 6.57. The average molecular weight is 341 g/mol. The molecule has 3 rings (SSSR count). The van der Waals surface area contributed by atoms with Crippen LogP contribution in [-0.4, -0.2) is 27.7 Å². The molecule has 0 fully saturated rings. The number of allylic oxidation sites excluding steroid dienone is 1. The first-order valence-corrected chi connectivity index (χ1v) is 8.65. The van der Waals surface area contributed by atoms with E-state index in [0.717, 1.165) is 31.4 Å². The van der Waals surface area contributed by atoms with Crippen LogP contribution in [0.3, 0.4) is 0 Å². The van der Waals surface area contributed by atoms with Crippen molar-refractivity contribution in [2.75, 3.05) is 6.61 Å². The van der Waals surface area contributed by atoms with Gasteiger partial charge in [0.25, 0.3) is 0 Å². The highest BCUT2D eigenvalue weighted by atomic mass is 16.5. The van der Waals surface area contributed by atoms with Gasteiger partial charge in [-0.1, -0.05) is 0 Å². The van der Waals surface area contributed by atoms with Crippen molar-refractivity contribution in [2.24, 2.45) is 0 Å². The predicted octanol–water partition coefficient (Wildman–Crippen LogP) is 3.37. The van der Waals surface area contributed by atoms with Crippen LogP contribution in [0.4, 0.5) is 0 Å². The maximum absolute atomic E-state index is 11.3. The van der Waals surface area contributed by atoms with Crippen LogP contribution in [0, 0.1) is 0 Å². The molecule has 132 valence electrons. The van der Waals surface area contributed by atoms with Crippen molar-refractivity contribution < 1.29 is 9.53 Å².